The minimum atomic E-state index is -4.03. The van der Waals surface area contributed by atoms with Crippen molar-refractivity contribution < 1.29 is 13.3 Å². The summed E-state index contributed by atoms with van der Waals surface area (Å²) in [4.78, 5) is 10.1. The zero-order valence-electron chi connectivity index (χ0n) is 9.25. The molecule has 5 nitrogen and oxygen atoms in total. The number of halogens is 1. The number of fused-ring (bicyclic) bond motifs is 1. The summed E-state index contributed by atoms with van der Waals surface area (Å²) < 4.78 is 23.0. The van der Waals surface area contributed by atoms with Crippen molar-refractivity contribution >= 4 is 36.2 Å². The molecule has 0 bridgehead atoms. The third-order valence-electron chi connectivity index (χ3n) is 2.66. The van der Waals surface area contributed by atoms with Crippen molar-refractivity contribution in [3.05, 3.63) is 46.0 Å². The van der Waals surface area contributed by atoms with E-state index in [1.807, 2.05) is 0 Å². The predicted molar refractivity (Wildman–Crippen MR) is 68.4 cm³/mol. The molecule has 0 saturated heterocycles. The average Bonchev–Trinajstić information content (AvgIpc) is 2.27. The minimum absolute atomic E-state index is 0.0532. The maximum Gasteiger partial charge on any atom is 0.278 e. The summed E-state index contributed by atoms with van der Waals surface area (Å²) >= 11 is 0. The number of nitro groups is 1. The van der Waals surface area contributed by atoms with Crippen LogP contribution in [0.1, 0.15) is 5.56 Å². The molecule has 2 aromatic rings. The van der Waals surface area contributed by atoms with Gasteiger partial charge >= 0.3 is 0 Å². The van der Waals surface area contributed by atoms with Gasteiger partial charge in [-0.15, -0.1) is 0 Å². The molecule has 2 rings (SSSR count). The Morgan fingerprint density at radius 2 is 1.89 bits per heavy atom. The van der Waals surface area contributed by atoms with Crippen LogP contribution in [-0.2, 0) is 9.05 Å². The summed E-state index contributed by atoms with van der Waals surface area (Å²) in [7, 11) is 1.28. The van der Waals surface area contributed by atoms with Crippen molar-refractivity contribution in [2.75, 3.05) is 0 Å². The number of benzene rings is 2. The second-order valence-corrected chi connectivity index (χ2v) is 6.31. The zero-order chi connectivity index (χ0) is 13.5. The van der Waals surface area contributed by atoms with E-state index in [1.165, 1.54) is 18.2 Å². The molecular formula is C11H8ClNO4S. The lowest BCUT2D eigenvalue weighted by atomic mass is 10.0. The highest BCUT2D eigenvalue weighted by molar-refractivity contribution is 8.14. The summed E-state index contributed by atoms with van der Waals surface area (Å²) in [6, 6.07) is 7.25. The smallest absolute Gasteiger partial charge is 0.258 e. The Kier molecular flexibility index (Phi) is 3.00. The Balaban J connectivity index is 3.07. The van der Waals surface area contributed by atoms with Gasteiger partial charge in [0.15, 0.2) is 0 Å². The quantitative estimate of drug-likeness (QED) is 0.483. The van der Waals surface area contributed by atoms with E-state index in [9.17, 15) is 18.5 Å². The molecule has 0 aliphatic heterocycles. The summed E-state index contributed by atoms with van der Waals surface area (Å²) in [5.74, 6) is 0. The van der Waals surface area contributed by atoms with E-state index in [0.29, 0.717) is 5.39 Å². The van der Waals surface area contributed by atoms with E-state index in [1.54, 1.807) is 19.1 Å². The fraction of sp³-hybridized carbons (Fsp3) is 0.0909. The van der Waals surface area contributed by atoms with E-state index >= 15 is 0 Å². The molecule has 0 amide bonds. The second-order valence-electron chi connectivity index (χ2n) is 3.78. The standard InChI is InChI=1S/C11H8ClNO4S/c1-7-5-6-10(18(12,16)17)11-8(7)3-2-4-9(11)13(14)15/h2-6H,1H3. The Morgan fingerprint density at radius 1 is 1.22 bits per heavy atom. The van der Waals surface area contributed by atoms with Gasteiger partial charge in [0, 0.05) is 16.7 Å². The van der Waals surface area contributed by atoms with Gasteiger partial charge in [0.25, 0.3) is 14.7 Å². The molecule has 0 heterocycles. The van der Waals surface area contributed by atoms with Gasteiger partial charge in [-0.2, -0.15) is 0 Å². The van der Waals surface area contributed by atoms with E-state index < -0.39 is 14.0 Å². The van der Waals surface area contributed by atoms with E-state index in [0.717, 1.165) is 5.56 Å². The molecule has 0 aliphatic carbocycles. The summed E-state index contributed by atoms with van der Waals surface area (Å²) in [6.45, 7) is 1.75. The third-order valence-corrected chi connectivity index (χ3v) is 4.02. The number of non-ortho nitro benzene ring substituents is 1. The fourth-order valence-electron chi connectivity index (χ4n) is 1.86. The molecule has 0 fully saturated rings. The first-order valence-electron chi connectivity index (χ1n) is 4.94. The molecule has 0 radical (unpaired) electrons. The lowest BCUT2D eigenvalue weighted by molar-refractivity contribution is -0.383. The van der Waals surface area contributed by atoms with Gasteiger partial charge in [-0.3, -0.25) is 10.1 Å². The van der Waals surface area contributed by atoms with E-state index in [-0.39, 0.29) is 16.0 Å². The Hall–Kier alpha value is -1.66. The van der Waals surface area contributed by atoms with Gasteiger partial charge in [0.2, 0.25) is 0 Å². The first-order chi connectivity index (χ1) is 8.32. The molecule has 18 heavy (non-hydrogen) atoms. The van der Waals surface area contributed by atoms with Crippen LogP contribution in [0.15, 0.2) is 35.2 Å². The van der Waals surface area contributed by atoms with Crippen molar-refractivity contribution in [2.24, 2.45) is 0 Å². The molecule has 0 aromatic heterocycles. The topological polar surface area (TPSA) is 77.3 Å². The van der Waals surface area contributed by atoms with Gasteiger partial charge in [-0.25, -0.2) is 8.42 Å². The summed E-state index contributed by atoms with van der Waals surface area (Å²) in [5, 5.41) is 11.5. The third kappa shape index (κ3) is 2.04. The zero-order valence-corrected chi connectivity index (χ0v) is 10.8. The summed E-state index contributed by atoms with van der Waals surface area (Å²) in [6.07, 6.45) is 0. The molecule has 0 N–H and O–H groups in total. The van der Waals surface area contributed by atoms with Crippen molar-refractivity contribution in [1.29, 1.82) is 0 Å². The number of hydrogen-bond donors (Lipinski definition) is 0. The molecule has 94 valence electrons. The van der Waals surface area contributed by atoms with Crippen molar-refractivity contribution in [1.82, 2.24) is 0 Å². The van der Waals surface area contributed by atoms with Gasteiger partial charge in [-0.1, -0.05) is 18.2 Å². The maximum atomic E-state index is 11.5. The van der Waals surface area contributed by atoms with Crippen molar-refractivity contribution in [3.63, 3.8) is 0 Å². The molecule has 2 aromatic carbocycles. The van der Waals surface area contributed by atoms with Crippen LogP contribution in [0.5, 0.6) is 0 Å². The van der Waals surface area contributed by atoms with Gasteiger partial charge in [-0.05, 0) is 23.9 Å². The normalized spacial score (nSPS) is 11.7. The van der Waals surface area contributed by atoms with Crippen molar-refractivity contribution in [2.45, 2.75) is 11.8 Å². The van der Waals surface area contributed by atoms with Crippen LogP contribution in [-0.4, -0.2) is 13.3 Å². The van der Waals surface area contributed by atoms with Crippen LogP contribution in [0.4, 0.5) is 5.69 Å². The first kappa shape index (κ1) is 12.8. The van der Waals surface area contributed by atoms with E-state index in [2.05, 4.69) is 0 Å². The van der Waals surface area contributed by atoms with E-state index in [4.69, 9.17) is 10.7 Å². The van der Waals surface area contributed by atoms with Gasteiger partial charge < -0.3 is 0 Å². The number of rotatable bonds is 2. The number of aryl methyl sites for hydroxylation is 1. The first-order valence-corrected chi connectivity index (χ1v) is 7.24. The molecule has 0 unspecified atom stereocenters. The Labute approximate surface area is 108 Å². The van der Waals surface area contributed by atoms with Crippen LogP contribution < -0.4 is 0 Å². The number of nitro benzene ring substituents is 1. The average molecular weight is 286 g/mol. The molecule has 0 saturated carbocycles. The Morgan fingerprint density at radius 3 is 2.44 bits per heavy atom. The highest BCUT2D eigenvalue weighted by Crippen LogP contribution is 2.34. The van der Waals surface area contributed by atoms with Crippen LogP contribution in [0.2, 0.25) is 0 Å². The second kappa shape index (κ2) is 4.22. The van der Waals surface area contributed by atoms with Crippen LogP contribution in [0, 0.1) is 17.0 Å². The maximum absolute atomic E-state index is 11.5. The largest absolute Gasteiger partial charge is 0.278 e. The predicted octanol–water partition coefficient (Wildman–Crippen LogP) is 2.98. The monoisotopic (exact) mass is 285 g/mol. The minimum Gasteiger partial charge on any atom is -0.258 e. The molecule has 0 aliphatic rings. The molecule has 0 atom stereocenters. The van der Waals surface area contributed by atoms with Crippen LogP contribution in [0.25, 0.3) is 10.8 Å². The Bertz CT molecular complexity index is 755. The summed E-state index contributed by atoms with van der Waals surface area (Å²) in [5.41, 5.74) is 0.480. The lowest BCUT2D eigenvalue weighted by Crippen LogP contribution is -1.97. The SMILES string of the molecule is Cc1ccc(S(=O)(=O)Cl)c2c([N+](=O)[O-])cccc12. The van der Waals surface area contributed by atoms with Gasteiger partial charge in [0.05, 0.1) is 15.2 Å². The van der Waals surface area contributed by atoms with Crippen LogP contribution >= 0.6 is 10.7 Å². The molecule has 7 heteroatoms. The number of nitrogens with zero attached hydrogens (tertiary/aromatic N) is 1. The molecular weight excluding hydrogens is 278 g/mol. The van der Waals surface area contributed by atoms with Gasteiger partial charge in [0.1, 0.15) is 0 Å². The number of hydrogen-bond acceptors (Lipinski definition) is 4. The fourth-order valence-corrected chi connectivity index (χ4v) is 2.93. The van der Waals surface area contributed by atoms with Crippen LogP contribution in [0.3, 0.4) is 0 Å². The molecule has 0 spiro atoms. The highest BCUT2D eigenvalue weighted by atomic mass is 35.7. The van der Waals surface area contributed by atoms with Crippen molar-refractivity contribution in [3.8, 4) is 0 Å². The highest BCUT2D eigenvalue weighted by Gasteiger charge is 2.22. The lowest BCUT2D eigenvalue weighted by Gasteiger charge is -2.06.